The van der Waals surface area contributed by atoms with Gasteiger partial charge in [-0.25, -0.2) is 26.9 Å². The number of halogens is 2. The van der Waals surface area contributed by atoms with Crippen LogP contribution < -0.4 is 15.4 Å². The van der Waals surface area contributed by atoms with Gasteiger partial charge in [0.15, 0.2) is 23.3 Å². The van der Waals surface area contributed by atoms with Crippen LogP contribution in [0.4, 0.5) is 20.4 Å². The molecular weight excluding hydrogens is 278 g/mol. The summed E-state index contributed by atoms with van der Waals surface area (Å²) in [5.41, 5.74) is 0. The third kappa shape index (κ3) is 4.60. The molecule has 0 aliphatic rings. The Labute approximate surface area is 110 Å². The van der Waals surface area contributed by atoms with Crippen molar-refractivity contribution in [2.24, 2.45) is 0 Å². The van der Waals surface area contributed by atoms with Crippen LogP contribution in [0.25, 0.3) is 0 Å². The van der Waals surface area contributed by atoms with Crippen LogP contribution in [-0.4, -0.2) is 39.3 Å². The zero-order chi connectivity index (χ0) is 14.5. The van der Waals surface area contributed by atoms with Crippen LogP contribution >= 0.6 is 0 Å². The van der Waals surface area contributed by atoms with Crippen molar-refractivity contribution in [2.75, 3.05) is 36.5 Å². The summed E-state index contributed by atoms with van der Waals surface area (Å²) >= 11 is 0. The first-order valence-electron chi connectivity index (χ1n) is 5.64. The molecule has 0 atom stereocenters. The van der Waals surface area contributed by atoms with Gasteiger partial charge in [0.05, 0.1) is 5.75 Å². The van der Waals surface area contributed by atoms with E-state index in [2.05, 4.69) is 20.3 Å². The number of sulfonamides is 1. The van der Waals surface area contributed by atoms with Gasteiger partial charge in [0.25, 0.3) is 0 Å². The second-order valence-corrected chi connectivity index (χ2v) is 5.68. The number of anilines is 2. The number of rotatable bonds is 7. The Balaban J connectivity index is 2.75. The standard InChI is InChI=1S/C10H16F2N4O2S/c1-3-14-9-7(11)6-8(12)10(16-9)15-4-5-19(17,18)13-2/h6,13H,3-5H2,1-2H3,(H2,14,15,16). The number of hydrogen-bond donors (Lipinski definition) is 3. The molecule has 0 bridgehead atoms. The zero-order valence-electron chi connectivity index (χ0n) is 10.6. The third-order valence-electron chi connectivity index (χ3n) is 2.25. The van der Waals surface area contributed by atoms with Crippen molar-refractivity contribution in [3.05, 3.63) is 17.7 Å². The van der Waals surface area contributed by atoms with Crippen molar-refractivity contribution in [2.45, 2.75) is 6.92 Å². The highest BCUT2D eigenvalue weighted by atomic mass is 32.2. The van der Waals surface area contributed by atoms with Gasteiger partial charge in [0.2, 0.25) is 10.0 Å². The Morgan fingerprint density at radius 3 is 2.32 bits per heavy atom. The normalized spacial score (nSPS) is 11.4. The zero-order valence-corrected chi connectivity index (χ0v) is 11.4. The minimum Gasteiger partial charge on any atom is -0.368 e. The summed E-state index contributed by atoms with van der Waals surface area (Å²) in [6.45, 7) is 2.14. The summed E-state index contributed by atoms with van der Waals surface area (Å²) < 4.78 is 51.1. The van der Waals surface area contributed by atoms with Crippen molar-refractivity contribution in [3.8, 4) is 0 Å². The summed E-state index contributed by atoms with van der Waals surface area (Å²) in [5, 5.41) is 5.16. The lowest BCUT2D eigenvalue weighted by atomic mass is 10.4. The van der Waals surface area contributed by atoms with E-state index in [0.717, 1.165) is 0 Å². The predicted octanol–water partition coefficient (Wildman–Crippen LogP) is 0.753. The van der Waals surface area contributed by atoms with Crippen molar-refractivity contribution >= 4 is 21.7 Å². The largest absolute Gasteiger partial charge is 0.368 e. The molecule has 1 aromatic rings. The molecule has 0 saturated heterocycles. The minimum absolute atomic E-state index is 0.0374. The van der Waals surface area contributed by atoms with Gasteiger partial charge in [0, 0.05) is 19.2 Å². The van der Waals surface area contributed by atoms with Crippen LogP contribution in [0.5, 0.6) is 0 Å². The summed E-state index contributed by atoms with van der Waals surface area (Å²) in [7, 11) is -2.10. The highest BCUT2D eigenvalue weighted by molar-refractivity contribution is 7.89. The quantitative estimate of drug-likeness (QED) is 0.691. The maximum atomic E-state index is 13.4. The molecule has 1 heterocycles. The first kappa shape index (κ1) is 15.6. The molecule has 0 aliphatic carbocycles. The fourth-order valence-corrected chi connectivity index (χ4v) is 1.86. The van der Waals surface area contributed by atoms with Gasteiger partial charge >= 0.3 is 0 Å². The fourth-order valence-electron chi connectivity index (χ4n) is 1.29. The van der Waals surface area contributed by atoms with Gasteiger partial charge in [-0.15, -0.1) is 0 Å². The second-order valence-electron chi connectivity index (χ2n) is 3.63. The molecule has 0 aliphatic heterocycles. The molecule has 0 unspecified atom stereocenters. The lowest BCUT2D eigenvalue weighted by Gasteiger charge is -2.10. The molecule has 0 radical (unpaired) electrons. The maximum Gasteiger partial charge on any atom is 0.213 e. The highest BCUT2D eigenvalue weighted by Crippen LogP contribution is 2.18. The molecule has 0 aromatic carbocycles. The molecule has 6 nitrogen and oxygen atoms in total. The van der Waals surface area contributed by atoms with E-state index in [9.17, 15) is 17.2 Å². The van der Waals surface area contributed by atoms with Gasteiger partial charge in [-0.05, 0) is 14.0 Å². The van der Waals surface area contributed by atoms with E-state index in [4.69, 9.17) is 0 Å². The summed E-state index contributed by atoms with van der Waals surface area (Å²) in [4.78, 5) is 3.72. The SMILES string of the molecule is CCNc1nc(NCCS(=O)(=O)NC)c(F)cc1F. The van der Waals surface area contributed by atoms with Gasteiger partial charge in [-0.3, -0.25) is 0 Å². The van der Waals surface area contributed by atoms with Gasteiger partial charge in [-0.2, -0.15) is 0 Å². The lowest BCUT2D eigenvalue weighted by molar-refractivity contribution is 0.577. The van der Waals surface area contributed by atoms with E-state index in [1.54, 1.807) is 6.92 Å². The van der Waals surface area contributed by atoms with E-state index < -0.39 is 21.7 Å². The van der Waals surface area contributed by atoms with Gasteiger partial charge < -0.3 is 10.6 Å². The molecule has 1 rings (SSSR count). The van der Waals surface area contributed by atoms with Crippen molar-refractivity contribution in [1.29, 1.82) is 0 Å². The highest BCUT2D eigenvalue weighted by Gasteiger charge is 2.12. The van der Waals surface area contributed by atoms with Gasteiger partial charge in [0.1, 0.15) is 0 Å². The number of pyridine rings is 1. The number of nitrogens with one attached hydrogen (secondary N) is 3. The van der Waals surface area contributed by atoms with Crippen LogP contribution in [0.1, 0.15) is 6.92 Å². The third-order valence-corrected chi connectivity index (χ3v) is 3.61. The molecule has 0 amide bonds. The Hall–Kier alpha value is -1.48. The molecule has 1 aromatic heterocycles. The van der Waals surface area contributed by atoms with Crippen molar-refractivity contribution < 1.29 is 17.2 Å². The number of nitrogens with zero attached hydrogens (tertiary/aromatic N) is 1. The molecule has 3 N–H and O–H groups in total. The van der Waals surface area contributed by atoms with Crippen LogP contribution in [0, 0.1) is 11.6 Å². The Morgan fingerprint density at radius 2 is 1.79 bits per heavy atom. The molecule has 0 saturated carbocycles. The fraction of sp³-hybridized carbons (Fsp3) is 0.500. The second kappa shape index (κ2) is 6.62. The van der Waals surface area contributed by atoms with E-state index in [0.29, 0.717) is 12.6 Å². The predicted molar refractivity (Wildman–Crippen MR) is 69.7 cm³/mol. The molecular formula is C10H16F2N4O2S. The first-order valence-corrected chi connectivity index (χ1v) is 7.30. The van der Waals surface area contributed by atoms with E-state index in [-0.39, 0.29) is 23.9 Å². The lowest BCUT2D eigenvalue weighted by Crippen LogP contribution is -2.26. The molecule has 0 fully saturated rings. The Kier molecular flexibility index (Phi) is 5.43. The van der Waals surface area contributed by atoms with E-state index in [1.807, 2.05) is 0 Å². The summed E-state index contributed by atoms with van der Waals surface area (Å²) in [6, 6.07) is 0.694. The number of aromatic nitrogens is 1. The maximum absolute atomic E-state index is 13.4. The molecule has 108 valence electrons. The average Bonchev–Trinajstić information content (AvgIpc) is 2.35. The minimum atomic E-state index is -3.38. The Bertz CT molecular complexity index is 537. The van der Waals surface area contributed by atoms with Crippen LogP contribution in [-0.2, 0) is 10.0 Å². The van der Waals surface area contributed by atoms with Crippen LogP contribution in [0.15, 0.2) is 6.07 Å². The van der Waals surface area contributed by atoms with E-state index in [1.165, 1.54) is 7.05 Å². The summed E-state index contributed by atoms with van der Waals surface area (Å²) in [5.74, 6) is -2.18. The van der Waals surface area contributed by atoms with Gasteiger partial charge in [-0.1, -0.05) is 0 Å². The topological polar surface area (TPSA) is 83.1 Å². The Morgan fingerprint density at radius 1 is 1.21 bits per heavy atom. The number of hydrogen-bond acceptors (Lipinski definition) is 5. The van der Waals surface area contributed by atoms with Crippen LogP contribution in [0.3, 0.4) is 0 Å². The van der Waals surface area contributed by atoms with Crippen LogP contribution in [0.2, 0.25) is 0 Å². The molecule has 0 spiro atoms. The average molecular weight is 294 g/mol. The van der Waals surface area contributed by atoms with Crippen molar-refractivity contribution in [1.82, 2.24) is 9.71 Å². The monoisotopic (exact) mass is 294 g/mol. The smallest absolute Gasteiger partial charge is 0.213 e. The van der Waals surface area contributed by atoms with Crippen molar-refractivity contribution in [3.63, 3.8) is 0 Å². The first-order chi connectivity index (χ1) is 8.89. The molecule has 19 heavy (non-hydrogen) atoms. The molecule has 9 heteroatoms. The van der Waals surface area contributed by atoms with E-state index >= 15 is 0 Å². The summed E-state index contributed by atoms with van der Waals surface area (Å²) in [6.07, 6.45) is 0.